The lowest BCUT2D eigenvalue weighted by atomic mass is 10.0. The van der Waals surface area contributed by atoms with E-state index in [9.17, 15) is 0 Å². The summed E-state index contributed by atoms with van der Waals surface area (Å²) in [6.07, 6.45) is 2.48. The number of nitrogens with one attached hydrogen (secondary N) is 1. The average molecular weight is 253 g/mol. The highest BCUT2D eigenvalue weighted by molar-refractivity contribution is 6.30. The number of hydrogen-bond acceptors (Lipinski definition) is 2. The summed E-state index contributed by atoms with van der Waals surface area (Å²) < 4.78 is 0. The number of hydrogen-bond donors (Lipinski definition) is 1. The molecule has 1 aliphatic rings. The molecule has 2 rings (SSSR count). The van der Waals surface area contributed by atoms with Gasteiger partial charge in [-0.25, -0.2) is 0 Å². The third-order valence-corrected chi connectivity index (χ3v) is 3.79. The van der Waals surface area contributed by atoms with Crippen LogP contribution in [-0.4, -0.2) is 31.1 Å². The highest BCUT2D eigenvalue weighted by Crippen LogP contribution is 2.19. The van der Waals surface area contributed by atoms with Gasteiger partial charge in [0.1, 0.15) is 0 Å². The summed E-state index contributed by atoms with van der Waals surface area (Å²) >= 11 is 6.02. The second-order valence-electron chi connectivity index (χ2n) is 5.02. The molecular formula is C14H21ClN2. The quantitative estimate of drug-likeness (QED) is 0.890. The van der Waals surface area contributed by atoms with Gasteiger partial charge in [-0.15, -0.1) is 0 Å². The molecule has 1 heterocycles. The SMILES string of the molecule is C[C@@H](NC1CCN(C)CC1)c1cccc(Cl)c1. The normalized spacial score (nSPS) is 20.4. The number of benzene rings is 1. The zero-order valence-corrected chi connectivity index (χ0v) is 11.4. The van der Waals surface area contributed by atoms with Crippen LogP contribution in [0.1, 0.15) is 31.4 Å². The van der Waals surface area contributed by atoms with E-state index >= 15 is 0 Å². The molecule has 94 valence electrons. The number of likely N-dealkylation sites (tertiary alicyclic amines) is 1. The fraction of sp³-hybridized carbons (Fsp3) is 0.571. The van der Waals surface area contributed by atoms with Crippen molar-refractivity contribution in [3.8, 4) is 0 Å². The van der Waals surface area contributed by atoms with E-state index in [1.54, 1.807) is 0 Å². The molecule has 2 nitrogen and oxygen atoms in total. The van der Waals surface area contributed by atoms with Crippen LogP contribution in [0.4, 0.5) is 0 Å². The summed E-state index contributed by atoms with van der Waals surface area (Å²) in [5.41, 5.74) is 1.27. The smallest absolute Gasteiger partial charge is 0.0409 e. The van der Waals surface area contributed by atoms with Gasteiger partial charge in [-0.1, -0.05) is 23.7 Å². The second kappa shape index (κ2) is 5.85. The average Bonchev–Trinajstić information content (AvgIpc) is 2.32. The first-order valence-corrected chi connectivity index (χ1v) is 6.73. The van der Waals surface area contributed by atoms with Crippen molar-refractivity contribution in [2.75, 3.05) is 20.1 Å². The number of halogens is 1. The molecule has 1 aromatic rings. The van der Waals surface area contributed by atoms with Crippen LogP contribution >= 0.6 is 11.6 Å². The topological polar surface area (TPSA) is 15.3 Å². The van der Waals surface area contributed by atoms with E-state index in [-0.39, 0.29) is 0 Å². The van der Waals surface area contributed by atoms with Gasteiger partial charge in [0.25, 0.3) is 0 Å². The molecule has 0 amide bonds. The molecule has 1 saturated heterocycles. The minimum Gasteiger partial charge on any atom is -0.307 e. The van der Waals surface area contributed by atoms with Crippen LogP contribution in [0.3, 0.4) is 0 Å². The molecule has 0 unspecified atom stereocenters. The molecule has 3 heteroatoms. The molecule has 0 aromatic heterocycles. The Bertz CT molecular complexity index is 359. The molecule has 1 aliphatic heterocycles. The van der Waals surface area contributed by atoms with Gasteiger partial charge < -0.3 is 10.2 Å². The van der Waals surface area contributed by atoms with Gasteiger partial charge in [0.15, 0.2) is 0 Å². The van der Waals surface area contributed by atoms with E-state index in [1.165, 1.54) is 31.5 Å². The van der Waals surface area contributed by atoms with E-state index in [0.29, 0.717) is 12.1 Å². The Hall–Kier alpha value is -0.570. The third kappa shape index (κ3) is 3.70. The maximum Gasteiger partial charge on any atom is 0.0409 e. The van der Waals surface area contributed by atoms with Gasteiger partial charge >= 0.3 is 0 Å². The Labute approximate surface area is 109 Å². The van der Waals surface area contributed by atoms with Gasteiger partial charge in [-0.3, -0.25) is 0 Å². The molecule has 0 aliphatic carbocycles. The van der Waals surface area contributed by atoms with Gasteiger partial charge in [-0.2, -0.15) is 0 Å². The van der Waals surface area contributed by atoms with Gasteiger partial charge in [0, 0.05) is 17.1 Å². The summed E-state index contributed by atoms with van der Waals surface area (Å²) in [5, 5.41) is 4.52. The van der Waals surface area contributed by atoms with E-state index in [2.05, 4.69) is 30.3 Å². The van der Waals surface area contributed by atoms with E-state index in [1.807, 2.05) is 18.2 Å². The molecule has 1 aromatic carbocycles. The van der Waals surface area contributed by atoms with Crippen molar-refractivity contribution in [2.45, 2.75) is 31.8 Å². The first kappa shape index (κ1) is 12.9. The van der Waals surface area contributed by atoms with Crippen LogP contribution in [0.2, 0.25) is 5.02 Å². The highest BCUT2D eigenvalue weighted by atomic mass is 35.5. The number of nitrogens with zero attached hydrogens (tertiary/aromatic N) is 1. The predicted octanol–water partition coefficient (Wildman–Crippen LogP) is 3.08. The molecule has 0 saturated carbocycles. The predicted molar refractivity (Wildman–Crippen MR) is 73.5 cm³/mol. The molecule has 17 heavy (non-hydrogen) atoms. The Kier molecular flexibility index (Phi) is 4.43. The Morgan fingerprint density at radius 3 is 2.71 bits per heavy atom. The van der Waals surface area contributed by atoms with Crippen molar-refractivity contribution >= 4 is 11.6 Å². The lowest BCUT2D eigenvalue weighted by molar-refractivity contribution is 0.226. The minimum atomic E-state index is 0.377. The number of rotatable bonds is 3. The Morgan fingerprint density at radius 1 is 1.35 bits per heavy atom. The molecule has 1 N–H and O–H groups in total. The lowest BCUT2D eigenvalue weighted by Crippen LogP contribution is -2.41. The summed E-state index contributed by atoms with van der Waals surface area (Å²) in [6, 6.07) is 9.15. The third-order valence-electron chi connectivity index (χ3n) is 3.55. The second-order valence-corrected chi connectivity index (χ2v) is 5.46. The summed E-state index contributed by atoms with van der Waals surface area (Å²) in [4.78, 5) is 2.39. The molecule has 1 fully saturated rings. The molecular weight excluding hydrogens is 232 g/mol. The fourth-order valence-electron chi connectivity index (χ4n) is 2.40. The van der Waals surface area contributed by atoms with Gasteiger partial charge in [0.2, 0.25) is 0 Å². The van der Waals surface area contributed by atoms with Crippen LogP contribution < -0.4 is 5.32 Å². The lowest BCUT2D eigenvalue weighted by Gasteiger charge is -2.31. The standard InChI is InChI=1S/C14H21ClN2/c1-11(12-4-3-5-13(15)10-12)16-14-6-8-17(2)9-7-14/h3-5,10-11,14,16H,6-9H2,1-2H3/t11-/m1/s1. The largest absolute Gasteiger partial charge is 0.307 e. The maximum absolute atomic E-state index is 6.02. The highest BCUT2D eigenvalue weighted by Gasteiger charge is 2.18. The summed E-state index contributed by atoms with van der Waals surface area (Å²) in [6.45, 7) is 4.60. The molecule has 0 spiro atoms. The van der Waals surface area contributed by atoms with E-state index < -0.39 is 0 Å². The first-order valence-electron chi connectivity index (χ1n) is 6.35. The monoisotopic (exact) mass is 252 g/mol. The van der Waals surface area contributed by atoms with Crippen molar-refractivity contribution in [3.05, 3.63) is 34.9 Å². The Morgan fingerprint density at radius 2 is 2.06 bits per heavy atom. The zero-order chi connectivity index (χ0) is 12.3. The van der Waals surface area contributed by atoms with Gasteiger partial charge in [0.05, 0.1) is 0 Å². The van der Waals surface area contributed by atoms with E-state index in [4.69, 9.17) is 11.6 Å². The van der Waals surface area contributed by atoms with Crippen LogP contribution in [0.15, 0.2) is 24.3 Å². The van der Waals surface area contributed by atoms with E-state index in [0.717, 1.165) is 5.02 Å². The van der Waals surface area contributed by atoms with Crippen molar-refractivity contribution < 1.29 is 0 Å². The molecule has 1 atom stereocenters. The van der Waals surface area contributed by atoms with Gasteiger partial charge in [-0.05, 0) is 57.6 Å². The van der Waals surface area contributed by atoms with Crippen molar-refractivity contribution in [1.82, 2.24) is 10.2 Å². The van der Waals surface area contributed by atoms with Crippen LogP contribution in [0.5, 0.6) is 0 Å². The van der Waals surface area contributed by atoms with Crippen LogP contribution in [0.25, 0.3) is 0 Å². The summed E-state index contributed by atoms with van der Waals surface area (Å²) in [7, 11) is 2.19. The molecule has 0 radical (unpaired) electrons. The fourth-order valence-corrected chi connectivity index (χ4v) is 2.60. The van der Waals surface area contributed by atoms with Crippen molar-refractivity contribution in [1.29, 1.82) is 0 Å². The van der Waals surface area contributed by atoms with Crippen LogP contribution in [0, 0.1) is 0 Å². The minimum absolute atomic E-state index is 0.377. The van der Waals surface area contributed by atoms with Crippen molar-refractivity contribution in [2.24, 2.45) is 0 Å². The Balaban J connectivity index is 1.90. The number of piperidine rings is 1. The van der Waals surface area contributed by atoms with Crippen molar-refractivity contribution in [3.63, 3.8) is 0 Å². The zero-order valence-electron chi connectivity index (χ0n) is 10.6. The summed E-state index contributed by atoms with van der Waals surface area (Å²) in [5.74, 6) is 0. The molecule has 0 bridgehead atoms. The maximum atomic E-state index is 6.02. The van der Waals surface area contributed by atoms with Crippen LogP contribution in [-0.2, 0) is 0 Å². The first-order chi connectivity index (χ1) is 8.15.